The summed E-state index contributed by atoms with van der Waals surface area (Å²) in [6.07, 6.45) is 0. The van der Waals surface area contributed by atoms with Crippen molar-refractivity contribution in [3.8, 4) is 5.88 Å². The third kappa shape index (κ3) is 3.04. The molecule has 172 valence electrons. The lowest BCUT2D eigenvalue weighted by Crippen LogP contribution is -2.54. The highest BCUT2D eigenvalue weighted by molar-refractivity contribution is 7.90. The van der Waals surface area contributed by atoms with Crippen LogP contribution in [0.1, 0.15) is 11.3 Å². The molecule has 2 aliphatic heterocycles. The predicted molar refractivity (Wildman–Crippen MR) is 106 cm³/mol. The molecule has 4 rings (SSSR count). The van der Waals surface area contributed by atoms with Crippen molar-refractivity contribution in [3.05, 3.63) is 52.4 Å². The molecule has 1 aromatic heterocycles. The largest absolute Gasteiger partial charge is 0.479 e. The third-order valence-electron chi connectivity index (χ3n) is 5.62. The molecule has 2 aliphatic rings. The van der Waals surface area contributed by atoms with E-state index in [1.807, 2.05) is 0 Å². The normalized spacial score (nSPS) is 24.3. The summed E-state index contributed by atoms with van der Waals surface area (Å²) in [5.41, 5.74) is 5.39. The first kappa shape index (κ1) is 22.0. The Morgan fingerprint density at radius 1 is 1.16 bits per heavy atom. The number of halogens is 4. The first-order chi connectivity index (χ1) is 14.9. The molecule has 1 aromatic carbocycles. The van der Waals surface area contributed by atoms with E-state index in [0.29, 0.717) is 16.4 Å². The maximum Gasteiger partial charge on any atom is 0.255 e. The predicted octanol–water partition coefficient (Wildman–Crippen LogP) is 2.12. The molecule has 1 unspecified atom stereocenters. The molecular weight excluding hydrogens is 456 g/mol. The van der Waals surface area contributed by atoms with E-state index in [4.69, 9.17) is 10.5 Å². The number of guanidine groups is 1. The average molecular weight is 473 g/mol. The van der Waals surface area contributed by atoms with Gasteiger partial charge in [0.2, 0.25) is 11.8 Å². The van der Waals surface area contributed by atoms with Crippen molar-refractivity contribution in [2.45, 2.75) is 17.7 Å². The first-order valence-corrected chi connectivity index (χ1v) is 10.7. The van der Waals surface area contributed by atoms with Crippen LogP contribution in [-0.4, -0.2) is 61.1 Å². The summed E-state index contributed by atoms with van der Waals surface area (Å²) < 4.78 is 88.4. The van der Waals surface area contributed by atoms with Crippen molar-refractivity contribution >= 4 is 21.9 Å². The molecule has 14 heteroatoms. The quantitative estimate of drug-likeness (QED) is 0.499. The van der Waals surface area contributed by atoms with E-state index in [9.17, 15) is 26.0 Å². The summed E-state index contributed by atoms with van der Waals surface area (Å²) >= 11 is 0. The molecule has 0 aliphatic carbocycles. The number of hydrogen-bond donors (Lipinski definition) is 0. The molecule has 1 saturated heterocycles. The number of rotatable bonds is 3. The number of nitrogens with one attached hydrogen (secondary N) is 1. The second-order valence-electron chi connectivity index (χ2n) is 7.42. The highest BCUT2D eigenvalue weighted by Gasteiger charge is 2.56. The van der Waals surface area contributed by atoms with Gasteiger partial charge in [0.25, 0.3) is 5.88 Å². The van der Waals surface area contributed by atoms with E-state index in [0.717, 1.165) is 7.05 Å². The van der Waals surface area contributed by atoms with Crippen LogP contribution >= 0.6 is 0 Å². The molecule has 1 N–H and O–H groups in total. The van der Waals surface area contributed by atoms with Crippen molar-refractivity contribution in [3.63, 3.8) is 0 Å². The Kier molecular flexibility index (Phi) is 4.95. The Hall–Kier alpha value is -3.16. The van der Waals surface area contributed by atoms with E-state index in [1.165, 1.54) is 18.9 Å². The van der Waals surface area contributed by atoms with Gasteiger partial charge in [0.1, 0.15) is 11.1 Å². The van der Waals surface area contributed by atoms with Gasteiger partial charge in [0.05, 0.1) is 18.3 Å². The molecule has 9 nitrogen and oxygen atoms in total. The highest BCUT2D eigenvalue weighted by atomic mass is 32.2. The molecule has 0 bridgehead atoms. The lowest BCUT2D eigenvalue weighted by molar-refractivity contribution is 0.365. The minimum absolute atomic E-state index is 0.0839. The van der Waals surface area contributed by atoms with Crippen molar-refractivity contribution in [2.75, 3.05) is 32.1 Å². The first-order valence-electron chi connectivity index (χ1n) is 9.19. The van der Waals surface area contributed by atoms with Gasteiger partial charge in [-0.05, 0) is 20.0 Å². The van der Waals surface area contributed by atoms with Crippen molar-refractivity contribution in [1.29, 1.82) is 0 Å². The summed E-state index contributed by atoms with van der Waals surface area (Å²) in [5.74, 6) is -6.11. The van der Waals surface area contributed by atoms with Crippen LogP contribution in [0.4, 0.5) is 23.5 Å². The van der Waals surface area contributed by atoms with Gasteiger partial charge in [-0.15, -0.1) is 0 Å². The Morgan fingerprint density at radius 3 is 2.47 bits per heavy atom. The maximum absolute atomic E-state index is 14.8. The fourth-order valence-electron chi connectivity index (χ4n) is 3.95. The van der Waals surface area contributed by atoms with Gasteiger partial charge in [0, 0.05) is 30.7 Å². The van der Waals surface area contributed by atoms with Crippen LogP contribution in [0.15, 0.2) is 17.1 Å². The summed E-state index contributed by atoms with van der Waals surface area (Å²) in [7, 11) is -1.98. The second-order valence-corrected chi connectivity index (χ2v) is 9.57. The average Bonchev–Trinajstić information content (AvgIpc) is 3.12. The minimum Gasteiger partial charge on any atom is -0.479 e. The summed E-state index contributed by atoms with van der Waals surface area (Å²) in [6.45, 7) is 0.612. The highest BCUT2D eigenvalue weighted by Crippen LogP contribution is 2.46. The monoisotopic (exact) mass is 473 g/mol. The summed E-state index contributed by atoms with van der Waals surface area (Å²) in [5, 5.41) is -1.49. The van der Waals surface area contributed by atoms with Crippen molar-refractivity contribution in [1.82, 2.24) is 14.3 Å². The van der Waals surface area contributed by atoms with Crippen LogP contribution in [-0.2, 0) is 15.6 Å². The maximum atomic E-state index is 14.8. The fourth-order valence-corrected chi connectivity index (χ4v) is 5.73. The number of aliphatic imine (C=N–C) groups is 1. The smallest absolute Gasteiger partial charge is 0.255 e. The van der Waals surface area contributed by atoms with Gasteiger partial charge in [-0.2, -0.15) is 9.37 Å². The fraction of sp³-hybridized carbons (Fsp3) is 0.389. The number of fused-ring (bicyclic) bond motifs is 1. The Morgan fingerprint density at radius 2 is 1.81 bits per heavy atom. The number of sulfonamides is 1. The Balaban J connectivity index is 1.94. The van der Waals surface area contributed by atoms with Gasteiger partial charge in [-0.1, -0.05) is 0 Å². The molecule has 2 atom stereocenters. The van der Waals surface area contributed by atoms with E-state index in [1.54, 1.807) is 0 Å². The second kappa shape index (κ2) is 7.18. The number of hydrogen-bond acceptors (Lipinski definition) is 7. The van der Waals surface area contributed by atoms with E-state index in [-0.39, 0.29) is 24.1 Å². The SMILES string of the molecule is COc1nc(N2CC3[C@](c4cc(F)c(F)cc4F)(C2)N=C([NH-])N(C)S3(=O)=O)nc(C)c1F. The van der Waals surface area contributed by atoms with Crippen LogP contribution in [0, 0.1) is 30.2 Å². The van der Waals surface area contributed by atoms with Crippen LogP contribution < -0.4 is 9.64 Å². The van der Waals surface area contributed by atoms with Gasteiger partial charge in [0.15, 0.2) is 21.7 Å². The van der Waals surface area contributed by atoms with Crippen molar-refractivity contribution in [2.24, 2.45) is 4.99 Å². The molecule has 0 amide bonds. The molecule has 0 spiro atoms. The number of nitrogens with zero attached hydrogens (tertiary/aromatic N) is 5. The van der Waals surface area contributed by atoms with E-state index in [2.05, 4.69) is 15.0 Å². The zero-order valence-electron chi connectivity index (χ0n) is 17.0. The number of aryl methyl sites for hydroxylation is 1. The molecule has 0 saturated carbocycles. The molecule has 2 aromatic rings. The topological polar surface area (TPSA) is 112 Å². The lowest BCUT2D eigenvalue weighted by atomic mass is 9.88. The molecular formula is C18H17F4N6O3S-. The zero-order chi connectivity index (χ0) is 23.6. The molecule has 3 heterocycles. The summed E-state index contributed by atoms with van der Waals surface area (Å²) in [4.78, 5) is 13.4. The van der Waals surface area contributed by atoms with Gasteiger partial charge >= 0.3 is 0 Å². The number of ether oxygens (including phenoxy) is 1. The summed E-state index contributed by atoms with van der Waals surface area (Å²) in [6, 6.07) is 0.834. The third-order valence-corrected chi connectivity index (χ3v) is 7.82. The van der Waals surface area contributed by atoms with E-state index < -0.39 is 62.1 Å². The van der Waals surface area contributed by atoms with Gasteiger partial charge < -0.3 is 24.7 Å². The van der Waals surface area contributed by atoms with Crippen LogP contribution in [0.5, 0.6) is 5.88 Å². The minimum atomic E-state index is -4.28. The standard InChI is InChI=1S/C18H17F4N6O3S/c1-8-14(22)15(31-3)25-17(24-8)28-6-13-18(7-28,26-16(23)27(2)32(13,29)30)9-4-11(20)12(21)5-10(9)19/h4-5,13H,6-7H2,1-3H3,(H-,23,26)/q-1/t13?,18-/m1/s1. The number of anilines is 1. The number of benzene rings is 1. The zero-order valence-corrected chi connectivity index (χ0v) is 17.8. The Labute approximate surface area is 180 Å². The van der Waals surface area contributed by atoms with E-state index >= 15 is 0 Å². The van der Waals surface area contributed by atoms with Crippen LogP contribution in [0.3, 0.4) is 0 Å². The molecule has 0 radical (unpaired) electrons. The van der Waals surface area contributed by atoms with Crippen LogP contribution in [0.25, 0.3) is 5.73 Å². The number of aromatic nitrogens is 2. The lowest BCUT2D eigenvalue weighted by Gasteiger charge is -2.45. The Bertz CT molecular complexity index is 1260. The van der Waals surface area contributed by atoms with Gasteiger partial charge in [-0.25, -0.2) is 26.6 Å². The van der Waals surface area contributed by atoms with Crippen LogP contribution in [0.2, 0.25) is 0 Å². The molecule has 32 heavy (non-hydrogen) atoms. The van der Waals surface area contributed by atoms with Gasteiger partial charge in [-0.3, -0.25) is 0 Å². The van der Waals surface area contributed by atoms with Crippen molar-refractivity contribution < 1.29 is 30.7 Å². The molecule has 1 fully saturated rings. The number of methoxy groups -OCH3 is 1.